The predicted molar refractivity (Wildman–Crippen MR) is 148 cm³/mol. The Morgan fingerprint density at radius 2 is 1.03 bits per heavy atom. The van der Waals surface area contributed by atoms with E-state index in [0.29, 0.717) is 5.75 Å². The fourth-order valence-corrected chi connectivity index (χ4v) is 5.33. The molecule has 35 heavy (non-hydrogen) atoms. The number of rotatable bonds is 2. The second-order valence-corrected chi connectivity index (χ2v) is 9.18. The summed E-state index contributed by atoms with van der Waals surface area (Å²) >= 11 is 0. The molecule has 0 spiro atoms. The summed E-state index contributed by atoms with van der Waals surface area (Å²) in [4.78, 5) is 0. The molecule has 0 saturated heterocycles. The van der Waals surface area contributed by atoms with Crippen LogP contribution in [-0.2, 0) is 0 Å². The molecule has 2 heteroatoms. The van der Waals surface area contributed by atoms with Gasteiger partial charge in [0.1, 0.15) is 0 Å². The molecule has 0 unspecified atom stereocenters. The highest BCUT2D eigenvalue weighted by Crippen LogP contribution is 2.39. The van der Waals surface area contributed by atoms with E-state index in [1.807, 2.05) is 12.1 Å². The molecule has 7 aromatic rings. The number of para-hydroxylation sites is 1. The SMILES string of the molecule is COc1cccc(-c2ccc3cc4ccc5cc6cc7ccccc7cc6cc5c4cc3c2)c1O. The molecular formula is C33H22O2. The molecule has 0 aliphatic rings. The van der Waals surface area contributed by atoms with Crippen molar-refractivity contribution >= 4 is 53.9 Å². The monoisotopic (exact) mass is 450 g/mol. The number of phenols is 1. The van der Waals surface area contributed by atoms with Crippen molar-refractivity contribution in [3.8, 4) is 22.6 Å². The summed E-state index contributed by atoms with van der Waals surface area (Å²) in [5, 5.41) is 23.0. The van der Waals surface area contributed by atoms with Crippen LogP contribution in [0.25, 0.3) is 65.0 Å². The third-order valence-electron chi connectivity index (χ3n) is 7.14. The quantitative estimate of drug-likeness (QED) is 0.211. The molecule has 0 aliphatic heterocycles. The van der Waals surface area contributed by atoms with Gasteiger partial charge in [-0.3, -0.25) is 0 Å². The number of ether oxygens (including phenoxy) is 1. The van der Waals surface area contributed by atoms with Gasteiger partial charge in [-0.2, -0.15) is 0 Å². The van der Waals surface area contributed by atoms with Crippen LogP contribution in [0.4, 0.5) is 0 Å². The van der Waals surface area contributed by atoms with Gasteiger partial charge in [-0.25, -0.2) is 0 Å². The molecule has 7 aromatic carbocycles. The van der Waals surface area contributed by atoms with Gasteiger partial charge in [0.05, 0.1) is 7.11 Å². The molecule has 0 atom stereocenters. The first-order valence-electron chi connectivity index (χ1n) is 11.8. The molecule has 1 N–H and O–H groups in total. The van der Waals surface area contributed by atoms with Crippen LogP contribution >= 0.6 is 0 Å². The summed E-state index contributed by atoms with van der Waals surface area (Å²) < 4.78 is 5.31. The Kier molecular flexibility index (Phi) is 4.24. The summed E-state index contributed by atoms with van der Waals surface area (Å²) in [6.07, 6.45) is 0. The fourth-order valence-electron chi connectivity index (χ4n) is 5.33. The third kappa shape index (κ3) is 3.11. The van der Waals surface area contributed by atoms with E-state index in [1.54, 1.807) is 13.2 Å². The maximum absolute atomic E-state index is 10.7. The topological polar surface area (TPSA) is 29.5 Å². The second kappa shape index (κ2) is 7.48. The molecular weight excluding hydrogens is 428 g/mol. The van der Waals surface area contributed by atoms with E-state index in [1.165, 1.54) is 48.5 Å². The second-order valence-electron chi connectivity index (χ2n) is 9.18. The Hall–Kier alpha value is -4.56. The number of hydrogen-bond donors (Lipinski definition) is 1. The first-order valence-corrected chi connectivity index (χ1v) is 11.8. The molecule has 0 fully saturated rings. The van der Waals surface area contributed by atoms with Gasteiger partial charge < -0.3 is 9.84 Å². The van der Waals surface area contributed by atoms with Crippen molar-refractivity contribution in [3.63, 3.8) is 0 Å². The molecule has 7 rings (SSSR count). The van der Waals surface area contributed by atoms with Gasteiger partial charge in [0, 0.05) is 5.56 Å². The number of aromatic hydroxyl groups is 1. The van der Waals surface area contributed by atoms with Crippen molar-refractivity contribution in [3.05, 3.63) is 109 Å². The van der Waals surface area contributed by atoms with E-state index < -0.39 is 0 Å². The number of methoxy groups -OCH3 is 1. The number of hydrogen-bond acceptors (Lipinski definition) is 2. The minimum Gasteiger partial charge on any atom is -0.504 e. The Balaban J connectivity index is 1.48. The van der Waals surface area contributed by atoms with Crippen molar-refractivity contribution < 1.29 is 9.84 Å². The van der Waals surface area contributed by atoms with Gasteiger partial charge >= 0.3 is 0 Å². The molecule has 0 bridgehead atoms. The van der Waals surface area contributed by atoms with E-state index in [-0.39, 0.29) is 5.75 Å². The smallest absolute Gasteiger partial charge is 0.165 e. The minimum absolute atomic E-state index is 0.166. The molecule has 0 aromatic heterocycles. The molecule has 2 nitrogen and oxygen atoms in total. The van der Waals surface area contributed by atoms with Gasteiger partial charge in [-0.05, 0) is 108 Å². The predicted octanol–water partition coefficient (Wildman–Crippen LogP) is 8.83. The zero-order valence-electron chi connectivity index (χ0n) is 19.2. The van der Waals surface area contributed by atoms with E-state index in [4.69, 9.17) is 4.74 Å². The van der Waals surface area contributed by atoms with Gasteiger partial charge in [-0.15, -0.1) is 0 Å². The molecule has 0 radical (unpaired) electrons. The summed E-state index contributed by atoms with van der Waals surface area (Å²) in [5.74, 6) is 0.644. The normalized spacial score (nSPS) is 11.7. The van der Waals surface area contributed by atoms with Crippen LogP contribution in [0.2, 0.25) is 0 Å². The zero-order chi connectivity index (χ0) is 23.5. The highest BCUT2D eigenvalue weighted by atomic mass is 16.5. The van der Waals surface area contributed by atoms with Gasteiger partial charge in [0.2, 0.25) is 0 Å². The van der Waals surface area contributed by atoms with Gasteiger partial charge in [0.25, 0.3) is 0 Å². The summed E-state index contributed by atoms with van der Waals surface area (Å²) in [5.41, 5.74) is 1.73. The maximum Gasteiger partial charge on any atom is 0.165 e. The summed E-state index contributed by atoms with van der Waals surface area (Å²) in [6, 6.07) is 38.6. The fraction of sp³-hybridized carbons (Fsp3) is 0.0303. The number of benzene rings is 7. The third-order valence-corrected chi connectivity index (χ3v) is 7.14. The Morgan fingerprint density at radius 3 is 1.71 bits per heavy atom. The van der Waals surface area contributed by atoms with Crippen LogP contribution in [0.5, 0.6) is 11.5 Å². The minimum atomic E-state index is 0.166. The lowest BCUT2D eigenvalue weighted by molar-refractivity contribution is 0.374. The van der Waals surface area contributed by atoms with Crippen molar-refractivity contribution in [1.29, 1.82) is 0 Å². The molecule has 166 valence electrons. The lowest BCUT2D eigenvalue weighted by atomic mass is 9.93. The Morgan fingerprint density at radius 1 is 0.486 bits per heavy atom. The lowest BCUT2D eigenvalue weighted by Crippen LogP contribution is -1.87. The van der Waals surface area contributed by atoms with Crippen molar-refractivity contribution in [2.24, 2.45) is 0 Å². The highest BCUT2D eigenvalue weighted by molar-refractivity contribution is 6.16. The van der Waals surface area contributed by atoms with E-state index in [2.05, 4.69) is 91.0 Å². The molecule has 0 saturated carbocycles. The summed E-state index contributed by atoms with van der Waals surface area (Å²) in [6.45, 7) is 0. The first kappa shape index (κ1) is 19.9. The standard InChI is InChI=1S/C33H22O2/c1-35-32-8-4-7-29(33(32)34)23-10-9-22-13-24-11-12-25-17-26-14-20-5-2-3-6-21(20)15-28(26)19-31(25)30(24)18-27(22)16-23/h2-19,34H,1H3. The van der Waals surface area contributed by atoms with E-state index in [0.717, 1.165) is 16.5 Å². The van der Waals surface area contributed by atoms with Crippen LogP contribution in [0.15, 0.2) is 109 Å². The van der Waals surface area contributed by atoms with Crippen LogP contribution in [0.1, 0.15) is 0 Å². The molecule has 0 amide bonds. The Bertz CT molecular complexity index is 1950. The average Bonchev–Trinajstić information content (AvgIpc) is 2.89. The van der Waals surface area contributed by atoms with Crippen LogP contribution in [0.3, 0.4) is 0 Å². The van der Waals surface area contributed by atoms with Crippen molar-refractivity contribution in [2.45, 2.75) is 0 Å². The van der Waals surface area contributed by atoms with E-state index >= 15 is 0 Å². The molecule has 0 aliphatic carbocycles. The van der Waals surface area contributed by atoms with Crippen molar-refractivity contribution in [2.75, 3.05) is 7.11 Å². The zero-order valence-corrected chi connectivity index (χ0v) is 19.2. The number of phenolic OH excluding ortho intramolecular Hbond substituents is 1. The average molecular weight is 451 g/mol. The number of fused-ring (bicyclic) bond motifs is 6. The summed E-state index contributed by atoms with van der Waals surface area (Å²) in [7, 11) is 1.57. The van der Waals surface area contributed by atoms with Crippen LogP contribution in [0, 0.1) is 0 Å². The lowest BCUT2D eigenvalue weighted by Gasteiger charge is -2.12. The van der Waals surface area contributed by atoms with Gasteiger partial charge in [-0.1, -0.05) is 60.7 Å². The van der Waals surface area contributed by atoms with Crippen LogP contribution < -0.4 is 4.74 Å². The van der Waals surface area contributed by atoms with Crippen molar-refractivity contribution in [1.82, 2.24) is 0 Å². The van der Waals surface area contributed by atoms with Crippen LogP contribution in [-0.4, -0.2) is 12.2 Å². The first-order chi connectivity index (χ1) is 17.2. The molecule has 0 heterocycles. The van der Waals surface area contributed by atoms with E-state index in [9.17, 15) is 5.11 Å². The highest BCUT2D eigenvalue weighted by Gasteiger charge is 2.11. The maximum atomic E-state index is 10.7. The largest absolute Gasteiger partial charge is 0.504 e. The Labute approximate surface area is 202 Å². The van der Waals surface area contributed by atoms with Gasteiger partial charge in [0.15, 0.2) is 11.5 Å².